The highest BCUT2D eigenvalue weighted by molar-refractivity contribution is 5.85. The van der Waals surface area contributed by atoms with E-state index in [1.54, 1.807) is 24.3 Å². The molecule has 6 nitrogen and oxygen atoms in total. The van der Waals surface area contributed by atoms with Crippen molar-refractivity contribution in [2.45, 2.75) is 44.2 Å². The molecular weight excluding hydrogens is 272 g/mol. The van der Waals surface area contributed by atoms with Crippen LogP contribution in [-0.4, -0.2) is 23.6 Å². The first-order chi connectivity index (χ1) is 9.91. The monoisotopic (exact) mass is 292 g/mol. The van der Waals surface area contributed by atoms with E-state index in [2.05, 4.69) is 0 Å². The minimum atomic E-state index is -1.23. The van der Waals surface area contributed by atoms with E-state index in [9.17, 15) is 9.59 Å². The highest BCUT2D eigenvalue weighted by Crippen LogP contribution is 2.33. The molecular formula is C15H20N2O4. The van der Waals surface area contributed by atoms with Crippen LogP contribution in [-0.2, 0) is 14.3 Å². The van der Waals surface area contributed by atoms with E-state index in [0.717, 1.165) is 0 Å². The molecule has 1 aromatic rings. The lowest BCUT2D eigenvalue weighted by Crippen LogP contribution is -2.50. The van der Waals surface area contributed by atoms with Gasteiger partial charge in [0.1, 0.15) is 5.75 Å². The summed E-state index contributed by atoms with van der Waals surface area (Å²) in [7, 11) is 0. The lowest BCUT2D eigenvalue weighted by molar-refractivity contribution is -0.179. The molecule has 0 heterocycles. The van der Waals surface area contributed by atoms with Gasteiger partial charge in [0.25, 0.3) is 0 Å². The molecule has 6 heteroatoms. The van der Waals surface area contributed by atoms with Crippen LogP contribution >= 0.6 is 0 Å². The Morgan fingerprint density at radius 3 is 2.29 bits per heavy atom. The van der Waals surface area contributed by atoms with E-state index >= 15 is 0 Å². The Hall–Kier alpha value is -2.08. The Morgan fingerprint density at radius 2 is 1.76 bits per heavy atom. The highest BCUT2D eigenvalue weighted by atomic mass is 16.6. The maximum absolute atomic E-state index is 12.4. The number of nitrogens with two attached hydrogens (primary N) is 2. The molecule has 0 atom stereocenters. The van der Waals surface area contributed by atoms with Gasteiger partial charge >= 0.3 is 11.9 Å². The van der Waals surface area contributed by atoms with Crippen molar-refractivity contribution in [1.29, 1.82) is 0 Å². The molecule has 0 spiro atoms. The van der Waals surface area contributed by atoms with E-state index in [-0.39, 0.29) is 6.04 Å². The van der Waals surface area contributed by atoms with Crippen LogP contribution in [0.1, 0.15) is 32.6 Å². The zero-order valence-corrected chi connectivity index (χ0v) is 12.0. The van der Waals surface area contributed by atoms with Crippen LogP contribution in [0.3, 0.4) is 0 Å². The number of rotatable bonds is 3. The number of carbonyl (C=O) groups is 2. The van der Waals surface area contributed by atoms with E-state index in [4.69, 9.17) is 20.9 Å². The first-order valence-corrected chi connectivity index (χ1v) is 6.94. The maximum Gasteiger partial charge on any atom is 0.355 e. The highest BCUT2D eigenvalue weighted by Gasteiger charge is 2.46. The molecule has 1 saturated carbocycles. The standard InChI is InChI=1S/C15H20N2O4/c1-10(18)21-15(8-6-12(17)7-9-15)14(19)20-13-4-2-11(16)3-5-13/h2-5,12H,6-9,16-17H2,1H3. The molecule has 0 bridgehead atoms. The van der Waals surface area contributed by atoms with Crippen molar-refractivity contribution >= 4 is 17.6 Å². The van der Waals surface area contributed by atoms with Crippen molar-refractivity contribution < 1.29 is 19.1 Å². The lowest BCUT2D eigenvalue weighted by atomic mass is 9.82. The van der Waals surface area contributed by atoms with Gasteiger partial charge in [-0.2, -0.15) is 0 Å². The molecule has 0 saturated heterocycles. The van der Waals surface area contributed by atoms with E-state index < -0.39 is 17.5 Å². The smallest absolute Gasteiger partial charge is 0.355 e. The van der Waals surface area contributed by atoms with Crippen molar-refractivity contribution in [2.75, 3.05) is 5.73 Å². The third-order valence-corrected chi connectivity index (χ3v) is 3.64. The van der Waals surface area contributed by atoms with Gasteiger partial charge in [0.15, 0.2) is 0 Å². The molecule has 1 aliphatic carbocycles. The summed E-state index contributed by atoms with van der Waals surface area (Å²) in [6, 6.07) is 6.50. The number of nitrogen functional groups attached to an aromatic ring is 1. The average Bonchev–Trinajstić information content (AvgIpc) is 2.43. The lowest BCUT2D eigenvalue weighted by Gasteiger charge is -2.36. The van der Waals surface area contributed by atoms with Gasteiger partial charge in [0, 0.05) is 18.7 Å². The molecule has 21 heavy (non-hydrogen) atoms. The summed E-state index contributed by atoms with van der Waals surface area (Å²) in [5, 5.41) is 0. The summed E-state index contributed by atoms with van der Waals surface area (Å²) in [6.45, 7) is 1.28. The average molecular weight is 292 g/mol. The number of hydrogen-bond donors (Lipinski definition) is 2. The third kappa shape index (κ3) is 3.72. The maximum atomic E-state index is 12.4. The van der Waals surface area contributed by atoms with Crippen molar-refractivity contribution in [2.24, 2.45) is 5.73 Å². The Balaban J connectivity index is 2.14. The Bertz CT molecular complexity index is 519. The molecule has 0 aliphatic heterocycles. The summed E-state index contributed by atoms with van der Waals surface area (Å²) in [6.07, 6.45) is 1.98. The molecule has 4 N–H and O–H groups in total. The summed E-state index contributed by atoms with van der Waals surface area (Å²) >= 11 is 0. The van der Waals surface area contributed by atoms with Crippen LogP contribution in [0.4, 0.5) is 5.69 Å². The van der Waals surface area contributed by atoms with Gasteiger partial charge < -0.3 is 20.9 Å². The van der Waals surface area contributed by atoms with Crippen LogP contribution in [0, 0.1) is 0 Å². The van der Waals surface area contributed by atoms with Crippen LogP contribution in [0.5, 0.6) is 5.75 Å². The van der Waals surface area contributed by atoms with Gasteiger partial charge in [-0.1, -0.05) is 0 Å². The molecule has 114 valence electrons. The second-order valence-corrected chi connectivity index (χ2v) is 5.38. The summed E-state index contributed by atoms with van der Waals surface area (Å²) in [5.41, 5.74) is 10.8. The fourth-order valence-electron chi connectivity index (χ4n) is 2.47. The minimum absolute atomic E-state index is 0.0259. The Morgan fingerprint density at radius 1 is 1.19 bits per heavy atom. The van der Waals surface area contributed by atoms with Gasteiger partial charge in [-0.25, -0.2) is 4.79 Å². The zero-order valence-electron chi connectivity index (χ0n) is 12.0. The van der Waals surface area contributed by atoms with Gasteiger partial charge in [0.05, 0.1) is 0 Å². The fourth-order valence-corrected chi connectivity index (χ4v) is 2.47. The molecule has 0 unspecified atom stereocenters. The minimum Gasteiger partial charge on any atom is -0.447 e. The van der Waals surface area contributed by atoms with Crippen LogP contribution in [0.15, 0.2) is 24.3 Å². The number of esters is 2. The number of carbonyl (C=O) groups excluding carboxylic acids is 2. The summed E-state index contributed by atoms with van der Waals surface area (Å²) in [4.78, 5) is 23.8. The van der Waals surface area contributed by atoms with Crippen molar-refractivity contribution in [3.05, 3.63) is 24.3 Å². The van der Waals surface area contributed by atoms with Crippen molar-refractivity contribution in [3.63, 3.8) is 0 Å². The van der Waals surface area contributed by atoms with E-state index in [1.165, 1.54) is 6.92 Å². The number of ether oxygens (including phenoxy) is 2. The number of hydrogen-bond acceptors (Lipinski definition) is 6. The molecule has 0 aromatic heterocycles. The summed E-state index contributed by atoms with van der Waals surface area (Å²) < 4.78 is 10.6. The molecule has 0 radical (unpaired) electrons. The number of anilines is 1. The first-order valence-electron chi connectivity index (χ1n) is 6.94. The van der Waals surface area contributed by atoms with Crippen LogP contribution < -0.4 is 16.2 Å². The van der Waals surface area contributed by atoms with Crippen molar-refractivity contribution in [3.8, 4) is 5.75 Å². The number of benzene rings is 1. The topological polar surface area (TPSA) is 105 Å². The molecule has 1 fully saturated rings. The van der Waals surface area contributed by atoms with Gasteiger partial charge in [-0.05, 0) is 49.9 Å². The summed E-state index contributed by atoms with van der Waals surface area (Å²) in [5.74, 6) is -0.690. The van der Waals surface area contributed by atoms with Crippen molar-refractivity contribution in [1.82, 2.24) is 0 Å². The fraction of sp³-hybridized carbons (Fsp3) is 0.467. The molecule has 2 rings (SSSR count). The first kappa shape index (κ1) is 15.3. The van der Waals surface area contributed by atoms with Gasteiger partial charge in [-0.3, -0.25) is 4.79 Å². The molecule has 1 aliphatic rings. The van der Waals surface area contributed by atoms with Gasteiger partial charge in [0.2, 0.25) is 5.60 Å². The van der Waals surface area contributed by atoms with Crippen LogP contribution in [0.2, 0.25) is 0 Å². The predicted octanol–water partition coefficient (Wildman–Crippen LogP) is 1.38. The Labute approximate surface area is 123 Å². The third-order valence-electron chi connectivity index (χ3n) is 3.64. The molecule has 1 aromatic carbocycles. The second kappa shape index (κ2) is 6.13. The predicted molar refractivity (Wildman–Crippen MR) is 77.4 cm³/mol. The van der Waals surface area contributed by atoms with E-state index in [0.29, 0.717) is 37.1 Å². The van der Waals surface area contributed by atoms with Gasteiger partial charge in [-0.15, -0.1) is 0 Å². The second-order valence-electron chi connectivity index (χ2n) is 5.38. The van der Waals surface area contributed by atoms with Crippen LogP contribution in [0.25, 0.3) is 0 Å². The zero-order chi connectivity index (χ0) is 15.5. The normalized spacial score (nSPS) is 25.1. The van der Waals surface area contributed by atoms with E-state index in [1.807, 2.05) is 0 Å². The SMILES string of the molecule is CC(=O)OC1(C(=O)Oc2ccc(N)cc2)CCC(N)CC1. The molecule has 0 amide bonds. The quantitative estimate of drug-likeness (QED) is 0.495. The largest absolute Gasteiger partial charge is 0.447 e. The Kier molecular flexibility index (Phi) is 4.47.